The summed E-state index contributed by atoms with van der Waals surface area (Å²) >= 11 is 5.96. The molecule has 0 bridgehead atoms. The Labute approximate surface area is 99.5 Å². The maximum absolute atomic E-state index is 6.18. The van der Waals surface area contributed by atoms with E-state index in [4.69, 9.17) is 26.8 Å². The van der Waals surface area contributed by atoms with Crippen LogP contribution in [0.2, 0.25) is 5.02 Å². The van der Waals surface area contributed by atoms with Crippen molar-refractivity contribution in [1.82, 2.24) is 0 Å². The Morgan fingerprint density at radius 1 is 1.44 bits per heavy atom. The number of ether oxygens (including phenoxy) is 2. The van der Waals surface area contributed by atoms with Crippen molar-refractivity contribution in [3.8, 4) is 5.75 Å². The Bertz CT molecular complexity index is 415. The largest absolute Gasteiger partial charge is 0.484 e. The van der Waals surface area contributed by atoms with E-state index in [0.29, 0.717) is 11.6 Å². The number of halogens is 1. The summed E-state index contributed by atoms with van der Waals surface area (Å²) in [7, 11) is 0. The van der Waals surface area contributed by atoms with Gasteiger partial charge in [-0.2, -0.15) is 0 Å². The van der Waals surface area contributed by atoms with Gasteiger partial charge in [0.1, 0.15) is 11.4 Å². The first-order valence-electron chi connectivity index (χ1n) is 5.50. The molecule has 4 heteroatoms. The Hall–Kier alpha value is -0.770. The molecule has 3 rings (SSSR count). The molecular weight excluding hydrogens is 226 g/mol. The highest BCUT2D eigenvalue weighted by Crippen LogP contribution is 2.42. The molecule has 0 aliphatic carbocycles. The standard InChI is InChI=1S/C12H14ClNO2/c13-8-1-2-11-9(5-8)10(14)6-12(16-11)3-4-15-7-12/h1-2,5,10H,3-4,6-7,14H2. The van der Waals surface area contributed by atoms with Crippen molar-refractivity contribution >= 4 is 11.6 Å². The Kier molecular flexibility index (Phi) is 2.35. The van der Waals surface area contributed by atoms with E-state index >= 15 is 0 Å². The Morgan fingerprint density at radius 3 is 3.06 bits per heavy atom. The predicted molar refractivity (Wildman–Crippen MR) is 61.8 cm³/mol. The average Bonchev–Trinajstić information content (AvgIpc) is 2.68. The van der Waals surface area contributed by atoms with Crippen molar-refractivity contribution in [2.75, 3.05) is 13.2 Å². The van der Waals surface area contributed by atoms with Crippen molar-refractivity contribution in [3.63, 3.8) is 0 Å². The fourth-order valence-electron chi connectivity index (χ4n) is 2.52. The van der Waals surface area contributed by atoms with E-state index in [1.165, 1.54) is 0 Å². The van der Waals surface area contributed by atoms with Crippen LogP contribution >= 0.6 is 11.6 Å². The molecule has 1 spiro atoms. The van der Waals surface area contributed by atoms with Crippen LogP contribution in [0.3, 0.4) is 0 Å². The maximum atomic E-state index is 6.18. The molecule has 0 radical (unpaired) electrons. The Balaban J connectivity index is 1.99. The van der Waals surface area contributed by atoms with Gasteiger partial charge in [0, 0.05) is 29.5 Å². The minimum atomic E-state index is -0.208. The minimum Gasteiger partial charge on any atom is -0.484 e. The summed E-state index contributed by atoms with van der Waals surface area (Å²) in [5, 5.41) is 0.705. The van der Waals surface area contributed by atoms with Gasteiger partial charge in [0.15, 0.2) is 0 Å². The molecule has 2 atom stereocenters. The van der Waals surface area contributed by atoms with Crippen molar-refractivity contribution in [1.29, 1.82) is 0 Å². The molecular formula is C12H14ClNO2. The van der Waals surface area contributed by atoms with Crippen molar-refractivity contribution in [2.24, 2.45) is 5.73 Å². The molecule has 1 saturated heterocycles. The van der Waals surface area contributed by atoms with Crippen molar-refractivity contribution < 1.29 is 9.47 Å². The average molecular weight is 240 g/mol. The SMILES string of the molecule is NC1CC2(CCOC2)Oc2ccc(Cl)cc21. The normalized spacial score (nSPS) is 32.5. The molecule has 0 saturated carbocycles. The van der Waals surface area contributed by atoms with Crippen LogP contribution in [0.5, 0.6) is 5.75 Å². The van der Waals surface area contributed by atoms with Gasteiger partial charge in [0.05, 0.1) is 13.2 Å². The molecule has 16 heavy (non-hydrogen) atoms. The second-order valence-electron chi connectivity index (χ2n) is 4.58. The summed E-state index contributed by atoms with van der Waals surface area (Å²) in [4.78, 5) is 0. The minimum absolute atomic E-state index is 0.0100. The van der Waals surface area contributed by atoms with E-state index in [-0.39, 0.29) is 11.6 Å². The fourth-order valence-corrected chi connectivity index (χ4v) is 2.70. The lowest BCUT2D eigenvalue weighted by molar-refractivity contribution is 0.0235. The first kappa shape index (κ1) is 10.4. The number of hydrogen-bond donors (Lipinski definition) is 1. The number of fused-ring (bicyclic) bond motifs is 1. The van der Waals surface area contributed by atoms with Gasteiger partial charge in [-0.15, -0.1) is 0 Å². The molecule has 3 nitrogen and oxygen atoms in total. The van der Waals surface area contributed by atoms with Gasteiger partial charge in [-0.05, 0) is 18.2 Å². The zero-order valence-corrected chi connectivity index (χ0v) is 9.67. The van der Waals surface area contributed by atoms with Crippen LogP contribution in [0.1, 0.15) is 24.4 Å². The number of rotatable bonds is 0. The van der Waals surface area contributed by atoms with Gasteiger partial charge in [0.2, 0.25) is 0 Å². The second-order valence-corrected chi connectivity index (χ2v) is 5.02. The van der Waals surface area contributed by atoms with Crippen LogP contribution in [0.4, 0.5) is 0 Å². The molecule has 2 heterocycles. The summed E-state index contributed by atoms with van der Waals surface area (Å²) < 4.78 is 11.5. The summed E-state index contributed by atoms with van der Waals surface area (Å²) in [6, 6.07) is 5.62. The number of hydrogen-bond acceptors (Lipinski definition) is 3. The number of benzene rings is 1. The van der Waals surface area contributed by atoms with Gasteiger partial charge in [0.25, 0.3) is 0 Å². The third-order valence-corrected chi connectivity index (χ3v) is 3.59. The molecule has 86 valence electrons. The second kappa shape index (κ2) is 3.62. The molecule has 2 unspecified atom stereocenters. The topological polar surface area (TPSA) is 44.5 Å². The van der Waals surface area contributed by atoms with Crippen molar-refractivity contribution in [2.45, 2.75) is 24.5 Å². The van der Waals surface area contributed by atoms with Gasteiger partial charge >= 0.3 is 0 Å². The molecule has 2 aliphatic rings. The summed E-state index contributed by atoms with van der Waals surface area (Å²) in [6.07, 6.45) is 1.73. The van der Waals surface area contributed by atoms with Gasteiger partial charge in [-0.25, -0.2) is 0 Å². The maximum Gasteiger partial charge on any atom is 0.136 e. The Morgan fingerprint density at radius 2 is 2.31 bits per heavy atom. The molecule has 1 aromatic carbocycles. The van der Waals surface area contributed by atoms with Crippen LogP contribution in [-0.2, 0) is 4.74 Å². The predicted octanol–water partition coefficient (Wildman–Crippen LogP) is 2.28. The third kappa shape index (κ3) is 1.59. The van der Waals surface area contributed by atoms with Crippen LogP contribution in [-0.4, -0.2) is 18.8 Å². The van der Waals surface area contributed by atoms with Gasteiger partial charge < -0.3 is 15.2 Å². The lowest BCUT2D eigenvalue weighted by atomic mass is 9.87. The first-order chi connectivity index (χ1) is 7.69. The molecule has 2 N–H and O–H groups in total. The number of nitrogens with two attached hydrogens (primary N) is 1. The van der Waals surface area contributed by atoms with E-state index in [1.54, 1.807) is 0 Å². The zero-order valence-electron chi connectivity index (χ0n) is 8.91. The van der Waals surface area contributed by atoms with Crippen LogP contribution in [0, 0.1) is 0 Å². The van der Waals surface area contributed by atoms with E-state index in [9.17, 15) is 0 Å². The summed E-state index contributed by atoms with van der Waals surface area (Å²) in [5.74, 6) is 0.855. The zero-order chi connectivity index (χ0) is 11.2. The smallest absolute Gasteiger partial charge is 0.136 e. The third-order valence-electron chi connectivity index (χ3n) is 3.36. The van der Waals surface area contributed by atoms with Gasteiger partial charge in [-0.1, -0.05) is 11.6 Å². The summed E-state index contributed by atoms with van der Waals surface area (Å²) in [6.45, 7) is 1.40. The summed E-state index contributed by atoms with van der Waals surface area (Å²) in [5.41, 5.74) is 6.97. The first-order valence-corrected chi connectivity index (χ1v) is 5.88. The fraction of sp³-hybridized carbons (Fsp3) is 0.500. The quantitative estimate of drug-likeness (QED) is 0.756. The molecule has 0 aromatic heterocycles. The molecule has 2 aliphatic heterocycles. The highest BCUT2D eigenvalue weighted by molar-refractivity contribution is 6.30. The lowest BCUT2D eigenvalue weighted by Gasteiger charge is -2.37. The molecule has 1 fully saturated rings. The van der Waals surface area contributed by atoms with Crippen LogP contribution in [0.15, 0.2) is 18.2 Å². The van der Waals surface area contributed by atoms with E-state index in [0.717, 1.165) is 30.8 Å². The van der Waals surface area contributed by atoms with Crippen LogP contribution in [0.25, 0.3) is 0 Å². The van der Waals surface area contributed by atoms with E-state index < -0.39 is 0 Å². The van der Waals surface area contributed by atoms with Gasteiger partial charge in [-0.3, -0.25) is 0 Å². The molecule has 1 aromatic rings. The van der Waals surface area contributed by atoms with Crippen LogP contribution < -0.4 is 10.5 Å². The van der Waals surface area contributed by atoms with E-state index in [2.05, 4.69) is 0 Å². The van der Waals surface area contributed by atoms with E-state index in [1.807, 2.05) is 18.2 Å². The lowest BCUT2D eigenvalue weighted by Crippen LogP contribution is -2.43. The highest BCUT2D eigenvalue weighted by Gasteiger charge is 2.43. The monoisotopic (exact) mass is 239 g/mol. The molecule has 0 amide bonds. The highest BCUT2D eigenvalue weighted by atomic mass is 35.5. The van der Waals surface area contributed by atoms with Crippen molar-refractivity contribution in [3.05, 3.63) is 28.8 Å².